The number of fused-ring (bicyclic) bond motifs is 1. The third-order valence-electron chi connectivity index (χ3n) is 5.98. The second-order valence-corrected chi connectivity index (χ2v) is 8.67. The van der Waals surface area contributed by atoms with E-state index < -0.39 is 11.9 Å². The summed E-state index contributed by atoms with van der Waals surface area (Å²) in [5.74, 6) is -0.262. The van der Waals surface area contributed by atoms with Crippen LogP contribution in [0, 0.1) is 5.82 Å². The van der Waals surface area contributed by atoms with Crippen molar-refractivity contribution in [1.82, 2.24) is 29.6 Å². The number of benzene rings is 2. The molecule has 1 unspecified atom stereocenters. The first-order chi connectivity index (χ1) is 16.9. The molecule has 176 valence electrons. The number of amides is 1. The number of imidazole rings is 1. The highest BCUT2D eigenvalue weighted by molar-refractivity contribution is 6.06. The zero-order chi connectivity index (χ0) is 24.5. The minimum Gasteiger partial charge on any atom is -0.338 e. The number of carbonyl (C=O) groups excluding carboxylic acids is 1. The highest BCUT2D eigenvalue weighted by atomic mass is 19.1. The molecule has 0 spiro atoms. The number of pyridine rings is 1. The summed E-state index contributed by atoms with van der Waals surface area (Å²) in [5, 5.41) is 8.13. The van der Waals surface area contributed by atoms with Crippen molar-refractivity contribution in [3.63, 3.8) is 0 Å². The molecule has 3 heterocycles. The fourth-order valence-electron chi connectivity index (χ4n) is 4.20. The van der Waals surface area contributed by atoms with Crippen LogP contribution in [0.2, 0.25) is 0 Å². The van der Waals surface area contributed by atoms with Gasteiger partial charge in [-0.25, -0.2) is 19.0 Å². The summed E-state index contributed by atoms with van der Waals surface area (Å²) in [4.78, 5) is 23.0. The van der Waals surface area contributed by atoms with Crippen molar-refractivity contribution in [3.05, 3.63) is 102 Å². The van der Waals surface area contributed by atoms with Crippen molar-refractivity contribution >= 4 is 16.9 Å². The molecule has 3 aromatic heterocycles. The summed E-state index contributed by atoms with van der Waals surface area (Å²) in [5.41, 5.74) is 2.91. The molecule has 5 aromatic rings. The molecule has 0 radical (unpaired) electrons. The average Bonchev–Trinajstić information content (AvgIpc) is 3.49. The quantitative estimate of drug-likeness (QED) is 0.377. The molecule has 0 saturated carbocycles. The van der Waals surface area contributed by atoms with Crippen molar-refractivity contribution in [2.75, 3.05) is 0 Å². The highest BCUT2D eigenvalue weighted by Gasteiger charge is 2.26. The van der Waals surface area contributed by atoms with E-state index in [-0.39, 0.29) is 11.9 Å². The van der Waals surface area contributed by atoms with Crippen LogP contribution in [0.3, 0.4) is 0 Å². The van der Waals surface area contributed by atoms with Gasteiger partial charge in [0.2, 0.25) is 0 Å². The second-order valence-electron chi connectivity index (χ2n) is 8.67. The second kappa shape index (κ2) is 9.13. The molecule has 1 N–H and O–H groups in total. The van der Waals surface area contributed by atoms with E-state index in [1.807, 2.05) is 51.2 Å². The summed E-state index contributed by atoms with van der Waals surface area (Å²) >= 11 is 0. The predicted molar refractivity (Wildman–Crippen MR) is 132 cm³/mol. The number of nitrogens with one attached hydrogen (secondary N) is 1. The lowest BCUT2D eigenvalue weighted by Gasteiger charge is -2.20. The molecular formula is C27H25FN6O. The predicted octanol–water partition coefficient (Wildman–Crippen LogP) is 5.07. The third kappa shape index (κ3) is 4.19. The zero-order valence-electron chi connectivity index (χ0n) is 19.7. The third-order valence-corrected chi connectivity index (χ3v) is 5.98. The van der Waals surface area contributed by atoms with Gasteiger partial charge in [0.05, 0.1) is 22.8 Å². The molecule has 1 amide bonds. The van der Waals surface area contributed by atoms with Gasteiger partial charge >= 0.3 is 0 Å². The van der Waals surface area contributed by atoms with Crippen LogP contribution in [-0.4, -0.2) is 30.2 Å². The Kier molecular flexibility index (Phi) is 5.86. The first-order valence-electron chi connectivity index (χ1n) is 11.4. The highest BCUT2D eigenvalue weighted by Crippen LogP contribution is 2.28. The van der Waals surface area contributed by atoms with Gasteiger partial charge in [0.15, 0.2) is 5.65 Å². The summed E-state index contributed by atoms with van der Waals surface area (Å²) in [6, 6.07) is 17.1. The van der Waals surface area contributed by atoms with Crippen LogP contribution in [0.25, 0.3) is 22.3 Å². The lowest BCUT2D eigenvalue weighted by Crippen LogP contribution is -2.32. The summed E-state index contributed by atoms with van der Waals surface area (Å²) in [7, 11) is 1.81. The first-order valence-corrected chi connectivity index (χ1v) is 11.4. The van der Waals surface area contributed by atoms with Crippen LogP contribution >= 0.6 is 0 Å². The van der Waals surface area contributed by atoms with Crippen molar-refractivity contribution in [3.8, 4) is 11.3 Å². The average molecular weight is 469 g/mol. The van der Waals surface area contributed by atoms with Crippen molar-refractivity contribution in [2.45, 2.75) is 25.9 Å². The van der Waals surface area contributed by atoms with Gasteiger partial charge in [0.1, 0.15) is 17.7 Å². The topological polar surface area (TPSA) is 77.6 Å². The molecule has 0 aliphatic carbocycles. The van der Waals surface area contributed by atoms with E-state index >= 15 is 0 Å². The largest absolute Gasteiger partial charge is 0.338 e. The molecule has 0 aliphatic rings. The fraction of sp³-hybridized carbons (Fsp3) is 0.185. The van der Waals surface area contributed by atoms with E-state index in [1.54, 1.807) is 52.1 Å². The van der Waals surface area contributed by atoms with Gasteiger partial charge < -0.3 is 9.88 Å². The molecule has 2 aromatic carbocycles. The fourth-order valence-corrected chi connectivity index (χ4v) is 4.20. The standard InChI is InChI=1S/C27H25FN6O/c1-17(2)34-25-21(16-30-34)20(15-23(31-25)18-9-5-4-6-10-18)27(35)32-24(26-29-13-14-33(26)3)19-11-7-8-12-22(19)28/h4-17,24H,1-3H3,(H,32,35). The molecule has 0 saturated heterocycles. The van der Waals surface area contributed by atoms with E-state index in [2.05, 4.69) is 15.4 Å². The molecule has 8 heteroatoms. The van der Waals surface area contributed by atoms with Gasteiger partial charge in [0, 0.05) is 36.6 Å². The van der Waals surface area contributed by atoms with E-state index in [4.69, 9.17) is 4.98 Å². The van der Waals surface area contributed by atoms with Gasteiger partial charge in [-0.15, -0.1) is 0 Å². The van der Waals surface area contributed by atoms with Gasteiger partial charge in [-0.2, -0.15) is 5.10 Å². The molecule has 1 atom stereocenters. The molecule has 35 heavy (non-hydrogen) atoms. The lowest BCUT2D eigenvalue weighted by molar-refractivity contribution is 0.0942. The number of carbonyl (C=O) groups is 1. The summed E-state index contributed by atoms with van der Waals surface area (Å²) in [6.45, 7) is 4.02. The Bertz CT molecular complexity index is 1500. The number of halogens is 1. The van der Waals surface area contributed by atoms with Gasteiger partial charge in [-0.3, -0.25) is 4.79 Å². The SMILES string of the molecule is CC(C)n1ncc2c(C(=O)NC(c3ccccc3F)c3nccn3C)cc(-c3ccccc3)nc21. The van der Waals surface area contributed by atoms with Crippen molar-refractivity contribution in [1.29, 1.82) is 0 Å². The maximum atomic E-state index is 14.8. The monoisotopic (exact) mass is 468 g/mol. The van der Waals surface area contributed by atoms with E-state index in [9.17, 15) is 9.18 Å². The molecular weight excluding hydrogens is 443 g/mol. The Hall–Kier alpha value is -4.33. The minimum absolute atomic E-state index is 0.0562. The number of hydrogen-bond acceptors (Lipinski definition) is 4. The van der Waals surface area contributed by atoms with Crippen LogP contribution < -0.4 is 5.32 Å². The van der Waals surface area contributed by atoms with E-state index in [0.717, 1.165) is 5.56 Å². The summed E-state index contributed by atoms with van der Waals surface area (Å²) in [6.07, 6.45) is 5.05. The van der Waals surface area contributed by atoms with Gasteiger partial charge in [-0.05, 0) is 26.0 Å². The lowest BCUT2D eigenvalue weighted by atomic mass is 10.0. The Morgan fingerprint density at radius 1 is 1.06 bits per heavy atom. The van der Waals surface area contributed by atoms with Gasteiger partial charge in [0.25, 0.3) is 5.91 Å². The van der Waals surface area contributed by atoms with Crippen LogP contribution in [-0.2, 0) is 7.05 Å². The maximum Gasteiger partial charge on any atom is 0.253 e. The number of rotatable bonds is 6. The normalized spacial score (nSPS) is 12.3. The maximum absolute atomic E-state index is 14.8. The van der Waals surface area contributed by atoms with Crippen LogP contribution in [0.15, 0.2) is 79.3 Å². The van der Waals surface area contributed by atoms with E-state index in [0.29, 0.717) is 33.7 Å². The minimum atomic E-state index is -0.785. The van der Waals surface area contributed by atoms with Crippen LogP contribution in [0.4, 0.5) is 4.39 Å². The number of aromatic nitrogens is 5. The number of aryl methyl sites for hydroxylation is 1. The van der Waals surface area contributed by atoms with Crippen LogP contribution in [0.5, 0.6) is 0 Å². The van der Waals surface area contributed by atoms with Crippen molar-refractivity contribution in [2.24, 2.45) is 7.05 Å². The van der Waals surface area contributed by atoms with Crippen molar-refractivity contribution < 1.29 is 9.18 Å². The smallest absolute Gasteiger partial charge is 0.253 e. The Morgan fingerprint density at radius 3 is 2.49 bits per heavy atom. The molecule has 0 aliphatic heterocycles. The van der Waals surface area contributed by atoms with E-state index in [1.165, 1.54) is 6.07 Å². The number of nitrogens with zero attached hydrogens (tertiary/aromatic N) is 5. The Labute approximate surface area is 202 Å². The Morgan fingerprint density at radius 2 is 1.80 bits per heavy atom. The summed E-state index contributed by atoms with van der Waals surface area (Å²) < 4.78 is 18.4. The molecule has 5 rings (SSSR count). The molecule has 7 nitrogen and oxygen atoms in total. The van der Waals surface area contributed by atoms with Crippen LogP contribution in [0.1, 0.15) is 47.7 Å². The Balaban J connectivity index is 1.64. The molecule has 0 fully saturated rings. The van der Waals surface area contributed by atoms with Gasteiger partial charge in [-0.1, -0.05) is 48.5 Å². The zero-order valence-corrected chi connectivity index (χ0v) is 19.7. The first kappa shape index (κ1) is 22.5. The number of hydrogen-bond donors (Lipinski definition) is 1. The molecule has 0 bridgehead atoms.